The molecule has 1 heterocycles. The van der Waals surface area contributed by atoms with E-state index in [2.05, 4.69) is 0 Å². The molecule has 3 radical (unpaired) electrons. The molecule has 0 nitrogen and oxygen atoms in total. The number of rotatable bonds is 8. The average Bonchev–Trinajstić information content (AvgIpc) is 3.51. The van der Waals surface area contributed by atoms with Gasteiger partial charge in [0.25, 0.3) is 0 Å². The zero-order valence-corrected chi connectivity index (χ0v) is 20.6. The van der Waals surface area contributed by atoms with Crippen LogP contribution in [0, 0.1) is 106 Å². The van der Waals surface area contributed by atoms with Crippen LogP contribution in [0.5, 0.6) is 0 Å². The summed E-state index contributed by atoms with van der Waals surface area (Å²) in [6.07, 6.45) is -1.66. The van der Waals surface area contributed by atoms with Crippen LogP contribution in [0.3, 0.4) is 0 Å². The molecule has 3 aromatic carbocycles. The lowest BCUT2D eigenvalue weighted by molar-refractivity contribution is 0.379. The maximum atomic E-state index is 15.3. The third kappa shape index (κ3) is 4.89. The molecule has 225 valence electrons. The van der Waals surface area contributed by atoms with Gasteiger partial charge >= 0.3 is 0 Å². The van der Waals surface area contributed by atoms with E-state index in [0.29, 0.717) is 6.42 Å². The van der Waals surface area contributed by atoms with E-state index in [-0.39, 0.29) is 12.6 Å². The van der Waals surface area contributed by atoms with Crippen molar-refractivity contribution in [3.8, 4) is 0 Å². The summed E-state index contributed by atoms with van der Waals surface area (Å²) in [4.78, 5) is 0. The highest BCUT2D eigenvalue weighted by atomic mass is 19.2. The zero-order valence-electron chi connectivity index (χ0n) is 20.6. The second-order valence-corrected chi connectivity index (χ2v) is 9.17. The van der Waals surface area contributed by atoms with Gasteiger partial charge in [0.2, 0.25) is 0 Å². The molecular weight excluding hydrogens is 619 g/mol. The standard InChI is InChI=1S/C26H9B2F15/c29-12-9(13(30)19(36)24(41)18(12)35)28(8-4-3-7-27-5-1-2-6-27,10-14(31)20(37)25(42)21(38)15(10)32)11-16(33)22(39)26(43)23(40)17(11)34/h1-6,8H,7H2/q-1. The average molecular weight is 628 g/mol. The van der Waals surface area contributed by atoms with Crippen LogP contribution in [0.15, 0.2) is 24.1 Å². The minimum absolute atomic E-state index is 0.156. The van der Waals surface area contributed by atoms with E-state index in [1.165, 1.54) is 24.1 Å². The molecule has 0 N–H and O–H groups in total. The highest BCUT2D eigenvalue weighted by Gasteiger charge is 2.47. The lowest BCUT2D eigenvalue weighted by Crippen LogP contribution is -2.74. The first kappa shape index (κ1) is 32.1. The smallest absolute Gasteiger partial charge is 0.200 e. The van der Waals surface area contributed by atoms with Crippen LogP contribution < -0.4 is 16.4 Å². The summed E-state index contributed by atoms with van der Waals surface area (Å²) >= 11 is 0. The molecule has 1 aliphatic heterocycles. The van der Waals surface area contributed by atoms with Gasteiger partial charge in [-0.1, -0.05) is 24.9 Å². The van der Waals surface area contributed by atoms with Gasteiger partial charge in [0.15, 0.2) is 59.1 Å². The van der Waals surface area contributed by atoms with Crippen molar-refractivity contribution in [3.63, 3.8) is 0 Å². The first-order valence-electron chi connectivity index (χ1n) is 11.7. The van der Waals surface area contributed by atoms with Crippen LogP contribution in [-0.2, 0) is 0 Å². The largest absolute Gasteiger partial charge is 0.207 e. The molecule has 4 rings (SSSR count). The fourth-order valence-electron chi connectivity index (χ4n) is 4.90. The van der Waals surface area contributed by atoms with Crippen molar-refractivity contribution in [2.24, 2.45) is 0 Å². The van der Waals surface area contributed by atoms with Gasteiger partial charge in [-0.2, -0.15) is 6.32 Å². The van der Waals surface area contributed by atoms with Crippen molar-refractivity contribution >= 4 is 29.2 Å². The van der Waals surface area contributed by atoms with E-state index in [4.69, 9.17) is 0 Å². The van der Waals surface area contributed by atoms with E-state index in [1.807, 2.05) is 0 Å². The summed E-state index contributed by atoms with van der Waals surface area (Å²) in [5.41, 5.74) is -8.02. The molecule has 0 aromatic heterocycles. The molecule has 0 spiro atoms. The third-order valence-electron chi connectivity index (χ3n) is 6.87. The zero-order chi connectivity index (χ0) is 32.1. The number of hydrogen-bond donors (Lipinski definition) is 0. The van der Waals surface area contributed by atoms with Gasteiger partial charge < -0.3 is 0 Å². The summed E-state index contributed by atoms with van der Waals surface area (Å²) in [7, 11) is 0. The Bertz CT molecular complexity index is 1430. The second-order valence-electron chi connectivity index (χ2n) is 9.17. The quantitative estimate of drug-likeness (QED) is 0.0932. The lowest BCUT2D eigenvalue weighted by atomic mass is 9.13. The van der Waals surface area contributed by atoms with Crippen molar-refractivity contribution in [3.05, 3.63) is 131 Å². The van der Waals surface area contributed by atoms with Crippen molar-refractivity contribution < 1.29 is 65.9 Å². The maximum absolute atomic E-state index is 15.3. The summed E-state index contributed by atoms with van der Waals surface area (Å²) in [5.74, 6) is -42.4. The predicted octanol–water partition coefficient (Wildman–Crippen LogP) is 6.09. The summed E-state index contributed by atoms with van der Waals surface area (Å²) in [6.45, 7) is -0.468. The molecule has 0 aliphatic carbocycles. The summed E-state index contributed by atoms with van der Waals surface area (Å²) < 4.78 is 220. The Morgan fingerprint density at radius 2 is 0.674 bits per heavy atom. The summed E-state index contributed by atoms with van der Waals surface area (Å²) in [5, 5.41) is 0. The van der Waals surface area contributed by atoms with Crippen molar-refractivity contribution in [2.45, 2.75) is 6.32 Å². The Labute approximate surface area is 232 Å². The highest BCUT2D eigenvalue weighted by molar-refractivity contribution is 7.14. The summed E-state index contributed by atoms with van der Waals surface area (Å²) in [6, 6.07) is 0. The molecule has 43 heavy (non-hydrogen) atoms. The first-order chi connectivity index (χ1) is 20.1. The Hall–Kier alpha value is -3.78. The Morgan fingerprint density at radius 1 is 0.419 bits per heavy atom. The number of halogens is 15. The van der Waals surface area contributed by atoms with Crippen molar-refractivity contribution in [2.75, 3.05) is 0 Å². The van der Waals surface area contributed by atoms with Crippen molar-refractivity contribution in [1.29, 1.82) is 0 Å². The molecule has 1 aliphatic rings. The highest BCUT2D eigenvalue weighted by Crippen LogP contribution is 2.30. The fraction of sp³-hybridized carbons (Fsp3) is 0.0385. The van der Waals surface area contributed by atoms with Gasteiger partial charge in [-0.3, -0.25) is 0 Å². The minimum Gasteiger partial charge on any atom is -0.207 e. The van der Waals surface area contributed by atoms with Gasteiger partial charge in [0.1, 0.15) is 41.0 Å². The number of allylic oxidation sites excluding steroid dienone is 2. The predicted molar refractivity (Wildman–Crippen MR) is 125 cm³/mol. The monoisotopic (exact) mass is 628 g/mol. The van der Waals surface area contributed by atoms with Gasteiger partial charge in [0.05, 0.1) is 0 Å². The molecular formula is C26H9B2F15-. The van der Waals surface area contributed by atoms with Gasteiger partial charge in [0, 0.05) is 0 Å². The Kier molecular flexibility index (Phi) is 8.76. The number of hydrogen-bond acceptors (Lipinski definition) is 0. The second kappa shape index (κ2) is 11.7. The lowest BCUT2D eigenvalue weighted by Gasteiger charge is -2.44. The molecule has 0 bridgehead atoms. The van der Waals surface area contributed by atoms with E-state index in [0.717, 1.165) is 6.42 Å². The number of benzene rings is 3. The van der Waals surface area contributed by atoms with E-state index in [9.17, 15) is 39.5 Å². The van der Waals surface area contributed by atoms with Gasteiger partial charge in [-0.05, 0) is 6.42 Å². The van der Waals surface area contributed by atoms with Crippen LogP contribution in [0.25, 0.3) is 0 Å². The SMILES string of the molecule is Fc1c(F)c(F)c([B-]([CH][CH][CH]CB2C=CC=C2)(c2c(F)c(F)c(F)c(F)c2F)c2c(F)c(F)c(F)c(F)c2F)c(F)c1F. The molecule has 0 atom stereocenters. The van der Waals surface area contributed by atoms with Crippen LogP contribution in [0.2, 0.25) is 6.32 Å². The van der Waals surface area contributed by atoms with Crippen LogP contribution in [-0.4, -0.2) is 12.9 Å². The molecule has 0 fully saturated rings. The fourth-order valence-corrected chi connectivity index (χ4v) is 4.90. The topological polar surface area (TPSA) is 0 Å². The maximum Gasteiger partial charge on any atom is 0.200 e. The van der Waals surface area contributed by atoms with Crippen LogP contribution in [0.4, 0.5) is 65.9 Å². The number of unbranched alkanes of at least 4 members (excludes halogenated alkanes) is 1. The van der Waals surface area contributed by atoms with Crippen LogP contribution in [0.1, 0.15) is 0 Å². The first-order valence-corrected chi connectivity index (χ1v) is 11.7. The van der Waals surface area contributed by atoms with E-state index < -0.39 is 117 Å². The Balaban J connectivity index is 2.25. The molecule has 3 aromatic rings. The van der Waals surface area contributed by atoms with Crippen LogP contribution >= 0.6 is 0 Å². The van der Waals surface area contributed by atoms with Gasteiger partial charge in [-0.15, -0.1) is 28.3 Å². The molecule has 17 heteroatoms. The van der Waals surface area contributed by atoms with E-state index in [1.54, 1.807) is 0 Å². The van der Waals surface area contributed by atoms with Gasteiger partial charge in [-0.25, -0.2) is 65.9 Å². The molecule has 0 saturated heterocycles. The normalized spacial score (nSPS) is 13.1. The molecule has 0 saturated carbocycles. The van der Waals surface area contributed by atoms with Crippen molar-refractivity contribution in [1.82, 2.24) is 0 Å². The minimum atomic E-state index is -5.69. The molecule has 0 amide bonds. The Morgan fingerprint density at radius 3 is 0.953 bits per heavy atom. The third-order valence-corrected chi connectivity index (χ3v) is 6.87. The molecule has 0 unspecified atom stereocenters. The van der Waals surface area contributed by atoms with E-state index >= 15 is 26.3 Å².